The number of nitrogens with one attached hydrogen (secondary N) is 1. The summed E-state index contributed by atoms with van der Waals surface area (Å²) in [6.07, 6.45) is 5.20. The Morgan fingerprint density at radius 3 is 2.30 bits per heavy atom. The molecule has 2 aliphatic heterocycles. The average Bonchev–Trinajstić information content (AvgIpc) is 2.79. The van der Waals surface area contributed by atoms with Gasteiger partial charge in [-0.25, -0.2) is 4.79 Å². The van der Waals surface area contributed by atoms with E-state index in [0.29, 0.717) is 26.2 Å². The molecule has 1 N–H and O–H groups in total. The zero-order valence-corrected chi connectivity index (χ0v) is 18.0. The third-order valence-corrected chi connectivity index (χ3v) is 6.09. The van der Waals surface area contributed by atoms with E-state index >= 15 is 0 Å². The minimum atomic E-state index is -0.183. The highest BCUT2D eigenvalue weighted by atomic mass is 16.2. The number of carbonyl (C=O) groups is 3. The van der Waals surface area contributed by atoms with E-state index < -0.39 is 0 Å². The summed E-state index contributed by atoms with van der Waals surface area (Å²) in [5, 5.41) is 2.82. The number of benzene rings is 1. The van der Waals surface area contributed by atoms with Gasteiger partial charge >= 0.3 is 6.03 Å². The number of carbonyl (C=O) groups excluding carboxylic acids is 3. The Hall–Kier alpha value is -2.57. The number of hydrogen-bond acceptors (Lipinski definition) is 3. The first-order valence-electron chi connectivity index (χ1n) is 11.1. The van der Waals surface area contributed by atoms with Crippen molar-refractivity contribution in [1.29, 1.82) is 0 Å². The summed E-state index contributed by atoms with van der Waals surface area (Å²) in [4.78, 5) is 42.8. The Morgan fingerprint density at radius 1 is 0.967 bits per heavy atom. The molecule has 1 aromatic carbocycles. The second kappa shape index (κ2) is 11.0. The number of likely N-dealkylation sites (tertiary alicyclic amines) is 2. The van der Waals surface area contributed by atoms with Crippen molar-refractivity contribution in [2.45, 2.75) is 45.1 Å². The van der Waals surface area contributed by atoms with Crippen LogP contribution in [0.3, 0.4) is 0 Å². The smallest absolute Gasteiger partial charge is 0.317 e. The summed E-state index contributed by atoms with van der Waals surface area (Å²) < 4.78 is 0. The predicted molar refractivity (Wildman–Crippen MR) is 116 cm³/mol. The van der Waals surface area contributed by atoms with Gasteiger partial charge in [0.05, 0.1) is 0 Å². The highest BCUT2D eigenvalue weighted by Gasteiger charge is 2.30. The van der Waals surface area contributed by atoms with E-state index in [2.05, 4.69) is 5.32 Å². The van der Waals surface area contributed by atoms with Crippen LogP contribution in [0.1, 0.15) is 44.1 Å². The lowest BCUT2D eigenvalue weighted by atomic mass is 9.94. The zero-order valence-electron chi connectivity index (χ0n) is 18.0. The summed E-state index contributed by atoms with van der Waals surface area (Å²) in [7, 11) is 1.74. The van der Waals surface area contributed by atoms with Gasteiger partial charge in [0.25, 0.3) is 0 Å². The molecule has 1 aromatic rings. The van der Waals surface area contributed by atoms with E-state index in [9.17, 15) is 14.4 Å². The second-order valence-corrected chi connectivity index (χ2v) is 8.36. The van der Waals surface area contributed by atoms with Gasteiger partial charge in [-0.1, -0.05) is 30.3 Å². The Bertz CT molecular complexity index is 710. The van der Waals surface area contributed by atoms with E-state index in [4.69, 9.17) is 0 Å². The molecule has 0 radical (unpaired) electrons. The minimum Gasteiger partial charge on any atom is -0.343 e. The Kier molecular flexibility index (Phi) is 8.11. The van der Waals surface area contributed by atoms with Crippen LogP contribution in [-0.4, -0.2) is 72.3 Å². The molecule has 0 spiro atoms. The predicted octanol–water partition coefficient (Wildman–Crippen LogP) is 2.47. The molecule has 7 heteroatoms. The number of nitrogens with zero attached hydrogens (tertiary/aromatic N) is 3. The number of rotatable bonds is 6. The monoisotopic (exact) mass is 414 g/mol. The lowest BCUT2D eigenvalue weighted by Gasteiger charge is -2.35. The van der Waals surface area contributed by atoms with E-state index in [0.717, 1.165) is 44.3 Å². The first kappa shape index (κ1) is 22.1. The molecular weight excluding hydrogens is 380 g/mol. The number of amides is 4. The van der Waals surface area contributed by atoms with Gasteiger partial charge in [0, 0.05) is 58.7 Å². The van der Waals surface area contributed by atoms with Crippen LogP contribution in [0.2, 0.25) is 0 Å². The van der Waals surface area contributed by atoms with Crippen LogP contribution in [0, 0.1) is 5.92 Å². The van der Waals surface area contributed by atoms with Crippen LogP contribution in [0.25, 0.3) is 0 Å². The fourth-order valence-corrected chi connectivity index (χ4v) is 4.25. The molecule has 7 nitrogen and oxygen atoms in total. The van der Waals surface area contributed by atoms with Crippen LogP contribution in [0.15, 0.2) is 30.3 Å². The van der Waals surface area contributed by atoms with Crippen LogP contribution >= 0.6 is 0 Å². The fourth-order valence-electron chi connectivity index (χ4n) is 4.25. The maximum Gasteiger partial charge on any atom is 0.317 e. The van der Waals surface area contributed by atoms with Crippen molar-refractivity contribution in [3.8, 4) is 0 Å². The molecule has 4 amide bonds. The van der Waals surface area contributed by atoms with E-state index in [1.54, 1.807) is 11.9 Å². The molecule has 2 aliphatic rings. The minimum absolute atomic E-state index is 0.0462. The normalized spacial score (nSPS) is 17.5. The van der Waals surface area contributed by atoms with Gasteiger partial charge < -0.3 is 20.0 Å². The molecule has 2 heterocycles. The summed E-state index contributed by atoms with van der Waals surface area (Å²) >= 11 is 0. The summed E-state index contributed by atoms with van der Waals surface area (Å²) in [5.41, 5.74) is 1.06. The molecule has 0 atom stereocenters. The molecule has 0 unspecified atom stereocenters. The Morgan fingerprint density at radius 2 is 1.63 bits per heavy atom. The third kappa shape index (κ3) is 6.21. The highest BCUT2D eigenvalue weighted by molar-refractivity contribution is 5.81. The lowest BCUT2D eigenvalue weighted by molar-refractivity contribution is -0.141. The van der Waals surface area contributed by atoms with Crippen molar-refractivity contribution in [3.05, 3.63) is 35.9 Å². The van der Waals surface area contributed by atoms with Gasteiger partial charge in [-0.05, 0) is 37.7 Å². The van der Waals surface area contributed by atoms with Gasteiger partial charge in [0.15, 0.2) is 0 Å². The van der Waals surface area contributed by atoms with Crippen LogP contribution in [0.4, 0.5) is 4.79 Å². The largest absolute Gasteiger partial charge is 0.343 e. The van der Waals surface area contributed by atoms with E-state index in [1.165, 1.54) is 6.42 Å². The fraction of sp³-hybridized carbons (Fsp3) is 0.609. The molecule has 30 heavy (non-hydrogen) atoms. The van der Waals surface area contributed by atoms with Crippen molar-refractivity contribution in [2.24, 2.45) is 5.92 Å². The molecule has 0 bridgehead atoms. The van der Waals surface area contributed by atoms with Gasteiger partial charge in [0.1, 0.15) is 0 Å². The first-order valence-corrected chi connectivity index (χ1v) is 11.1. The lowest BCUT2D eigenvalue weighted by Crippen LogP contribution is -2.46. The topological polar surface area (TPSA) is 73.0 Å². The summed E-state index contributed by atoms with van der Waals surface area (Å²) in [6, 6.07) is 9.62. The quantitative estimate of drug-likeness (QED) is 0.777. The van der Waals surface area contributed by atoms with Crippen LogP contribution in [0.5, 0.6) is 0 Å². The van der Waals surface area contributed by atoms with Gasteiger partial charge in [-0.2, -0.15) is 0 Å². The van der Waals surface area contributed by atoms with Crippen LogP contribution < -0.4 is 5.32 Å². The van der Waals surface area contributed by atoms with Crippen molar-refractivity contribution in [1.82, 2.24) is 20.0 Å². The first-order chi connectivity index (χ1) is 14.5. The standard InChI is InChI=1S/C23H34N4O3/c1-25(18-19-8-4-2-5-9-19)23(30)24-13-10-21(28)26-16-11-20(12-17-26)22(29)27-14-6-3-7-15-27/h2,4-5,8-9,20H,3,6-7,10-18H2,1H3,(H,24,30). The maximum atomic E-state index is 12.6. The van der Waals surface area contributed by atoms with Crippen LogP contribution in [-0.2, 0) is 16.1 Å². The number of urea groups is 1. The van der Waals surface area contributed by atoms with Gasteiger partial charge in [0.2, 0.25) is 11.8 Å². The second-order valence-electron chi connectivity index (χ2n) is 8.36. The molecule has 3 rings (SSSR count). The molecule has 2 fully saturated rings. The molecule has 0 aliphatic carbocycles. The van der Waals surface area contributed by atoms with Crippen molar-refractivity contribution < 1.29 is 14.4 Å². The van der Waals surface area contributed by atoms with Crippen molar-refractivity contribution in [3.63, 3.8) is 0 Å². The van der Waals surface area contributed by atoms with Crippen molar-refractivity contribution in [2.75, 3.05) is 39.8 Å². The highest BCUT2D eigenvalue weighted by Crippen LogP contribution is 2.22. The van der Waals surface area contributed by atoms with Gasteiger partial charge in [-0.3, -0.25) is 9.59 Å². The molecule has 2 saturated heterocycles. The number of hydrogen-bond donors (Lipinski definition) is 1. The van der Waals surface area contributed by atoms with Gasteiger partial charge in [-0.15, -0.1) is 0 Å². The molecule has 164 valence electrons. The molecule has 0 aromatic heterocycles. The van der Waals surface area contributed by atoms with E-state index in [1.807, 2.05) is 40.1 Å². The SMILES string of the molecule is CN(Cc1ccccc1)C(=O)NCCC(=O)N1CCC(C(=O)N2CCCCC2)CC1. The zero-order chi connectivity index (χ0) is 21.3. The Balaban J connectivity index is 1.33. The molecular formula is C23H34N4O3. The number of piperidine rings is 2. The Labute approximate surface area is 179 Å². The third-order valence-electron chi connectivity index (χ3n) is 6.09. The van der Waals surface area contributed by atoms with Crippen molar-refractivity contribution >= 4 is 17.8 Å². The average molecular weight is 415 g/mol. The molecule has 0 saturated carbocycles. The summed E-state index contributed by atoms with van der Waals surface area (Å²) in [6.45, 7) is 3.88. The summed E-state index contributed by atoms with van der Waals surface area (Å²) in [5.74, 6) is 0.374. The van der Waals surface area contributed by atoms with E-state index in [-0.39, 0.29) is 30.2 Å². The maximum absolute atomic E-state index is 12.6.